The molecule has 0 atom stereocenters. The normalized spacial score (nSPS) is 13.7. The van der Waals surface area contributed by atoms with Crippen molar-refractivity contribution in [3.05, 3.63) is 87.0 Å². The van der Waals surface area contributed by atoms with Crippen molar-refractivity contribution >= 4 is 80.6 Å². The summed E-state index contributed by atoms with van der Waals surface area (Å²) in [5, 5.41) is 1.43. The van der Waals surface area contributed by atoms with Gasteiger partial charge in [-0.1, -0.05) is 34.8 Å². The highest BCUT2D eigenvalue weighted by atomic mass is 35.5. The van der Waals surface area contributed by atoms with Crippen LogP contribution in [0.1, 0.15) is 16.1 Å². The number of aromatic amines is 1. The van der Waals surface area contributed by atoms with Crippen LogP contribution in [-0.4, -0.2) is 41.9 Å². The molecule has 14 heteroatoms. The standard InChI is InChI=1S/C24H19Cl3N3O6PS/c25-16-1-3-21-15(7-16)9-22(28-21)24(31)29-6-5-14-8-19(2-4-23(14)29)30(13-37(32,33)34)38(35,36)20-11-17(26)10-18(27)12-20/h1-4,7-12,28H,5-6,13H2,(H2,32,33,34). The van der Waals surface area contributed by atoms with E-state index in [1.54, 1.807) is 35.2 Å². The fraction of sp³-hybridized carbons (Fsp3) is 0.125. The van der Waals surface area contributed by atoms with Crippen LogP contribution in [0.15, 0.2) is 65.6 Å². The number of anilines is 2. The average molecular weight is 615 g/mol. The van der Waals surface area contributed by atoms with Crippen LogP contribution in [0.3, 0.4) is 0 Å². The molecule has 5 rings (SSSR count). The fourth-order valence-corrected chi connectivity index (χ4v) is 7.98. The first-order valence-corrected chi connectivity index (χ1v) is 15.5. The molecule has 0 fully saturated rings. The lowest BCUT2D eigenvalue weighted by atomic mass is 10.1. The predicted molar refractivity (Wildman–Crippen MR) is 148 cm³/mol. The first kappa shape index (κ1) is 27.0. The first-order chi connectivity index (χ1) is 17.8. The molecular weight excluding hydrogens is 596 g/mol. The lowest BCUT2D eigenvalue weighted by Crippen LogP contribution is -2.32. The number of H-pyrrole nitrogens is 1. The van der Waals surface area contributed by atoms with Crippen molar-refractivity contribution in [2.45, 2.75) is 11.3 Å². The number of benzene rings is 3. The molecule has 1 aliphatic rings. The van der Waals surface area contributed by atoms with Gasteiger partial charge >= 0.3 is 7.60 Å². The molecule has 0 aliphatic carbocycles. The van der Waals surface area contributed by atoms with Gasteiger partial charge in [0.2, 0.25) is 0 Å². The summed E-state index contributed by atoms with van der Waals surface area (Å²) < 4.78 is 39.5. The lowest BCUT2D eigenvalue weighted by molar-refractivity contribution is 0.0985. The van der Waals surface area contributed by atoms with Gasteiger partial charge in [-0.2, -0.15) is 0 Å². The van der Waals surface area contributed by atoms with E-state index in [1.165, 1.54) is 18.2 Å². The summed E-state index contributed by atoms with van der Waals surface area (Å²) in [4.78, 5) is 37.0. The Kier molecular flexibility index (Phi) is 7.02. The Morgan fingerprint density at radius 3 is 2.37 bits per heavy atom. The number of carbonyl (C=O) groups is 1. The number of halogens is 3. The van der Waals surface area contributed by atoms with Crippen LogP contribution in [0.4, 0.5) is 11.4 Å². The van der Waals surface area contributed by atoms with E-state index >= 15 is 0 Å². The summed E-state index contributed by atoms with van der Waals surface area (Å²) in [5.74, 6) is -0.280. The maximum atomic E-state index is 13.5. The molecule has 4 aromatic rings. The van der Waals surface area contributed by atoms with E-state index in [-0.39, 0.29) is 26.5 Å². The Hall–Kier alpha value is -2.56. The van der Waals surface area contributed by atoms with Crippen LogP contribution < -0.4 is 9.21 Å². The SMILES string of the molecule is O=C(c1cc2cc(Cl)ccc2[nH]1)N1CCc2cc(N(CP(=O)(O)O)S(=O)(=O)c3cc(Cl)cc(Cl)c3)ccc21. The summed E-state index contributed by atoms with van der Waals surface area (Å²) >= 11 is 18.0. The van der Waals surface area contributed by atoms with Gasteiger partial charge in [0, 0.05) is 38.2 Å². The smallest absolute Gasteiger partial charge is 0.345 e. The highest BCUT2D eigenvalue weighted by molar-refractivity contribution is 7.93. The van der Waals surface area contributed by atoms with Gasteiger partial charge in [-0.15, -0.1) is 0 Å². The molecule has 198 valence electrons. The van der Waals surface area contributed by atoms with Crippen molar-refractivity contribution in [1.82, 2.24) is 4.98 Å². The third-order valence-corrected chi connectivity index (χ3v) is 9.31. The van der Waals surface area contributed by atoms with E-state index in [9.17, 15) is 27.6 Å². The largest absolute Gasteiger partial charge is 0.351 e. The fourth-order valence-electron chi connectivity index (χ4n) is 4.39. The molecule has 38 heavy (non-hydrogen) atoms. The zero-order chi connectivity index (χ0) is 27.4. The lowest BCUT2D eigenvalue weighted by Gasteiger charge is -2.26. The number of fused-ring (bicyclic) bond motifs is 2. The highest BCUT2D eigenvalue weighted by Crippen LogP contribution is 2.42. The third-order valence-electron chi connectivity index (χ3n) is 6.04. The molecular formula is C24H19Cl3N3O6PS. The minimum atomic E-state index is -4.83. The zero-order valence-corrected chi connectivity index (χ0v) is 23.3. The zero-order valence-electron chi connectivity index (χ0n) is 19.3. The van der Waals surface area contributed by atoms with Crippen LogP contribution in [0, 0.1) is 0 Å². The maximum absolute atomic E-state index is 13.5. The van der Waals surface area contributed by atoms with Crippen molar-refractivity contribution < 1.29 is 27.6 Å². The Balaban J connectivity index is 1.51. The van der Waals surface area contributed by atoms with Gasteiger partial charge in [-0.05, 0) is 72.6 Å². The number of hydrogen-bond donors (Lipinski definition) is 3. The van der Waals surface area contributed by atoms with Gasteiger partial charge in [-0.25, -0.2) is 8.42 Å². The quantitative estimate of drug-likeness (QED) is 0.240. The first-order valence-electron chi connectivity index (χ1n) is 11.1. The maximum Gasteiger partial charge on any atom is 0.345 e. The summed E-state index contributed by atoms with van der Waals surface area (Å²) in [6.07, 6.45) is -0.688. The summed E-state index contributed by atoms with van der Waals surface area (Å²) in [5.41, 5.74) is 2.35. The number of aromatic nitrogens is 1. The molecule has 1 aliphatic heterocycles. The van der Waals surface area contributed by atoms with Crippen molar-refractivity contribution in [3.8, 4) is 0 Å². The van der Waals surface area contributed by atoms with Crippen molar-refractivity contribution in [2.75, 3.05) is 22.0 Å². The second-order valence-corrected chi connectivity index (χ2v) is 13.5. The molecule has 1 amide bonds. The van der Waals surface area contributed by atoms with E-state index < -0.39 is 23.9 Å². The second kappa shape index (κ2) is 9.88. The predicted octanol–water partition coefficient (Wildman–Crippen LogP) is 5.66. The summed E-state index contributed by atoms with van der Waals surface area (Å²) in [7, 11) is -9.30. The number of nitrogens with zero attached hydrogens (tertiary/aromatic N) is 2. The molecule has 3 aromatic carbocycles. The van der Waals surface area contributed by atoms with Crippen LogP contribution >= 0.6 is 42.4 Å². The topological polar surface area (TPSA) is 131 Å². The van der Waals surface area contributed by atoms with Gasteiger partial charge < -0.3 is 19.7 Å². The number of rotatable bonds is 6. The average Bonchev–Trinajstić information content (AvgIpc) is 3.44. The summed E-state index contributed by atoms with van der Waals surface area (Å²) in [6, 6.07) is 15.1. The van der Waals surface area contributed by atoms with Crippen LogP contribution in [0.5, 0.6) is 0 Å². The van der Waals surface area contributed by atoms with Crippen molar-refractivity contribution in [2.24, 2.45) is 0 Å². The summed E-state index contributed by atoms with van der Waals surface area (Å²) in [6.45, 7) is 0.336. The Morgan fingerprint density at radius 2 is 1.68 bits per heavy atom. The third kappa shape index (κ3) is 5.31. The van der Waals surface area contributed by atoms with E-state index in [1.807, 2.05) is 0 Å². The molecule has 0 bridgehead atoms. The van der Waals surface area contributed by atoms with Gasteiger partial charge in [0.25, 0.3) is 15.9 Å². The van der Waals surface area contributed by atoms with E-state index in [2.05, 4.69) is 4.98 Å². The van der Waals surface area contributed by atoms with E-state index in [0.29, 0.717) is 39.2 Å². The van der Waals surface area contributed by atoms with Crippen LogP contribution in [-0.2, 0) is 21.0 Å². The number of nitrogens with one attached hydrogen (secondary N) is 1. The molecule has 3 N–H and O–H groups in total. The monoisotopic (exact) mass is 613 g/mol. The van der Waals surface area contributed by atoms with Gasteiger partial charge in [0.1, 0.15) is 12.0 Å². The van der Waals surface area contributed by atoms with E-state index in [0.717, 1.165) is 23.0 Å². The number of amides is 1. The highest BCUT2D eigenvalue weighted by Gasteiger charge is 2.34. The van der Waals surface area contributed by atoms with Gasteiger partial charge in [-0.3, -0.25) is 13.7 Å². The van der Waals surface area contributed by atoms with Crippen LogP contribution in [0.25, 0.3) is 10.9 Å². The molecule has 1 aromatic heterocycles. The molecule has 2 heterocycles. The molecule has 0 spiro atoms. The van der Waals surface area contributed by atoms with E-state index in [4.69, 9.17) is 34.8 Å². The van der Waals surface area contributed by atoms with Crippen molar-refractivity contribution in [3.63, 3.8) is 0 Å². The second-order valence-electron chi connectivity index (χ2n) is 8.70. The Morgan fingerprint density at radius 1 is 0.974 bits per heavy atom. The Labute approximate surface area is 232 Å². The molecule has 0 unspecified atom stereocenters. The minimum Gasteiger partial charge on any atom is -0.351 e. The molecule has 0 saturated heterocycles. The van der Waals surface area contributed by atoms with Crippen LogP contribution in [0.2, 0.25) is 15.1 Å². The van der Waals surface area contributed by atoms with Crippen molar-refractivity contribution in [1.29, 1.82) is 0 Å². The van der Waals surface area contributed by atoms with Gasteiger partial charge in [0.05, 0.1) is 10.6 Å². The number of sulfonamides is 1. The minimum absolute atomic E-state index is 0.0257. The molecule has 9 nitrogen and oxygen atoms in total. The molecule has 0 saturated carbocycles. The Bertz CT molecular complexity index is 1730. The molecule has 0 radical (unpaired) electrons. The van der Waals surface area contributed by atoms with Gasteiger partial charge in [0.15, 0.2) is 0 Å². The number of carbonyl (C=O) groups excluding carboxylic acids is 1. The number of hydrogen-bond acceptors (Lipinski definition) is 4.